The monoisotopic (exact) mass is 58.0 g/mol. The van der Waals surface area contributed by atoms with Crippen LogP contribution in [0.3, 0.4) is 0 Å². The molecule has 0 amide bonds. The average Bonchev–Trinajstić information content (AvgIpc) is 1.75. The van der Waals surface area contributed by atoms with Gasteiger partial charge in [0.25, 0.3) is 0 Å². The van der Waals surface area contributed by atoms with Crippen LogP contribution in [0.5, 0.6) is 0 Å². The summed E-state index contributed by atoms with van der Waals surface area (Å²) < 4.78 is 11.0. The summed E-state index contributed by atoms with van der Waals surface area (Å²) in [5, 5.41) is 0. The molecule has 1 heteroatoms. The Morgan fingerprint density at radius 3 is 1.75 bits per heavy atom. The van der Waals surface area contributed by atoms with Crippen LogP contribution in [0.2, 0.25) is 0 Å². The molecular formula is C3H3F. The van der Waals surface area contributed by atoms with E-state index in [0.717, 1.165) is 0 Å². The Kier molecular flexibility index (Phi) is 0.166. The van der Waals surface area contributed by atoms with Crippen LogP contribution in [0.15, 0.2) is 12.2 Å². The molecule has 0 aromatic carbocycles. The van der Waals surface area contributed by atoms with Crippen LogP contribution in [0.1, 0.15) is 0 Å². The van der Waals surface area contributed by atoms with E-state index in [-0.39, 0.29) is 0 Å². The molecule has 0 aromatic rings. The van der Waals surface area contributed by atoms with Gasteiger partial charge in [-0.2, -0.15) is 0 Å². The van der Waals surface area contributed by atoms with Crippen molar-refractivity contribution in [2.75, 3.05) is 0 Å². The van der Waals surface area contributed by atoms with E-state index in [2.05, 4.69) is 0 Å². The predicted molar refractivity (Wildman–Crippen MR) is 14.0 cm³/mol. The van der Waals surface area contributed by atoms with Crippen molar-refractivity contribution in [1.29, 1.82) is 0 Å². The summed E-state index contributed by atoms with van der Waals surface area (Å²) in [7, 11) is 0. The van der Waals surface area contributed by atoms with E-state index < -0.39 is 6.17 Å². The van der Waals surface area contributed by atoms with Crippen molar-refractivity contribution in [3.8, 4) is 0 Å². The van der Waals surface area contributed by atoms with E-state index in [0.29, 0.717) is 0 Å². The van der Waals surface area contributed by atoms with Crippen LogP contribution in [0.25, 0.3) is 0 Å². The number of allylic oxidation sites excluding steroid dienone is 2. The molecule has 0 aliphatic heterocycles. The van der Waals surface area contributed by atoms with E-state index >= 15 is 0 Å². The zero-order valence-electron chi connectivity index (χ0n) is 2.11. The van der Waals surface area contributed by atoms with Gasteiger partial charge in [0.2, 0.25) is 0 Å². The average molecular weight is 58.1 g/mol. The molecule has 0 N–H and O–H groups in total. The van der Waals surface area contributed by atoms with Crippen molar-refractivity contribution in [2.45, 2.75) is 6.17 Å². The first-order valence-electron chi connectivity index (χ1n) is 1.22. The van der Waals surface area contributed by atoms with Crippen molar-refractivity contribution in [2.24, 2.45) is 0 Å². The molecule has 0 bridgehead atoms. The third-order valence-corrected chi connectivity index (χ3v) is 0.338. The normalized spacial score (nSPS) is 22.2. The summed E-state index contributed by atoms with van der Waals surface area (Å²) >= 11 is 0. The van der Waals surface area contributed by atoms with Gasteiger partial charge >= 0.3 is 0 Å². The maximum Gasteiger partial charge on any atom is 0.137 e. The van der Waals surface area contributed by atoms with Gasteiger partial charge in [0.05, 0.1) is 0 Å². The molecule has 22 valence electrons. The van der Waals surface area contributed by atoms with E-state index in [9.17, 15) is 4.39 Å². The van der Waals surface area contributed by atoms with Crippen LogP contribution in [-0.2, 0) is 0 Å². The Balaban J connectivity index is 2.32. The molecule has 1 aliphatic carbocycles. The van der Waals surface area contributed by atoms with E-state index in [1.807, 2.05) is 0 Å². The Hall–Kier alpha value is -0.330. The molecule has 0 nitrogen and oxygen atoms in total. The minimum Gasteiger partial charge on any atom is -0.238 e. The smallest absolute Gasteiger partial charge is 0.137 e. The highest BCUT2D eigenvalue weighted by Gasteiger charge is 2.03. The van der Waals surface area contributed by atoms with Gasteiger partial charge in [0, 0.05) is 0 Å². The van der Waals surface area contributed by atoms with Crippen molar-refractivity contribution in [1.82, 2.24) is 0 Å². The lowest BCUT2D eigenvalue weighted by Gasteiger charge is -1.54. The molecular weight excluding hydrogens is 55.0 g/mol. The van der Waals surface area contributed by atoms with Crippen molar-refractivity contribution in [3.63, 3.8) is 0 Å². The van der Waals surface area contributed by atoms with E-state index in [1.165, 1.54) is 12.2 Å². The summed E-state index contributed by atoms with van der Waals surface area (Å²) in [6.07, 6.45) is 2.33. The van der Waals surface area contributed by atoms with E-state index in [4.69, 9.17) is 0 Å². The van der Waals surface area contributed by atoms with Crippen LogP contribution in [0.4, 0.5) is 4.39 Å². The molecule has 1 rings (SSSR count). The fraction of sp³-hybridized carbons (Fsp3) is 0.333. The number of alkyl halides is 1. The summed E-state index contributed by atoms with van der Waals surface area (Å²) in [4.78, 5) is 0. The second-order valence-corrected chi connectivity index (χ2v) is 0.829. The molecule has 4 heavy (non-hydrogen) atoms. The van der Waals surface area contributed by atoms with Crippen molar-refractivity contribution >= 4 is 0 Å². The zero-order valence-corrected chi connectivity index (χ0v) is 2.11. The Bertz CT molecular complexity index is 41.2. The minimum absolute atomic E-state index is 0.667. The number of rotatable bonds is 0. The summed E-state index contributed by atoms with van der Waals surface area (Å²) in [6, 6.07) is 0. The highest BCUT2D eigenvalue weighted by atomic mass is 19.1. The lowest BCUT2D eigenvalue weighted by molar-refractivity contribution is 0.513. The fourth-order valence-corrected chi connectivity index (χ4v) is 0.0420. The molecule has 1 aliphatic rings. The minimum atomic E-state index is -0.667. The largest absolute Gasteiger partial charge is 0.238 e. The molecule has 0 saturated carbocycles. The highest BCUT2D eigenvalue weighted by molar-refractivity contribution is 5.14. The summed E-state index contributed by atoms with van der Waals surface area (Å²) in [5.74, 6) is 0. The number of hydrogen-bond acceptors (Lipinski definition) is 0. The van der Waals surface area contributed by atoms with Gasteiger partial charge in [-0.15, -0.1) is 0 Å². The third-order valence-electron chi connectivity index (χ3n) is 0.338. The van der Waals surface area contributed by atoms with Gasteiger partial charge in [-0.05, 0) is 12.2 Å². The summed E-state index contributed by atoms with van der Waals surface area (Å²) in [5.41, 5.74) is 0. The second-order valence-electron chi connectivity index (χ2n) is 0.829. The first-order valence-corrected chi connectivity index (χ1v) is 1.22. The van der Waals surface area contributed by atoms with Crippen LogP contribution >= 0.6 is 0 Å². The van der Waals surface area contributed by atoms with Crippen molar-refractivity contribution in [3.05, 3.63) is 12.2 Å². The number of halogens is 1. The third kappa shape index (κ3) is 0.105. The van der Waals surface area contributed by atoms with Gasteiger partial charge in [-0.25, -0.2) is 4.39 Å². The maximum atomic E-state index is 11.0. The van der Waals surface area contributed by atoms with Gasteiger partial charge in [0.15, 0.2) is 0 Å². The lowest BCUT2D eigenvalue weighted by atomic mass is 10.8. The van der Waals surface area contributed by atoms with Crippen molar-refractivity contribution < 1.29 is 4.39 Å². The van der Waals surface area contributed by atoms with Gasteiger partial charge in [0.1, 0.15) is 6.17 Å². The van der Waals surface area contributed by atoms with Crippen LogP contribution in [0, 0.1) is 0 Å². The first kappa shape index (κ1) is 1.94. The molecule has 0 saturated heterocycles. The van der Waals surface area contributed by atoms with Crippen LogP contribution < -0.4 is 0 Å². The molecule has 0 unspecified atom stereocenters. The Morgan fingerprint density at radius 1 is 1.50 bits per heavy atom. The summed E-state index contributed by atoms with van der Waals surface area (Å²) in [6.45, 7) is 0. The highest BCUT2D eigenvalue weighted by Crippen LogP contribution is 2.07. The van der Waals surface area contributed by atoms with Gasteiger partial charge in [-0.3, -0.25) is 0 Å². The molecule has 0 fully saturated rings. The Morgan fingerprint density at radius 2 is 1.75 bits per heavy atom. The molecule has 0 heterocycles. The molecule has 0 spiro atoms. The van der Waals surface area contributed by atoms with Gasteiger partial charge in [-0.1, -0.05) is 0 Å². The molecule has 0 radical (unpaired) electrons. The van der Waals surface area contributed by atoms with Crippen LogP contribution in [-0.4, -0.2) is 6.17 Å². The van der Waals surface area contributed by atoms with Gasteiger partial charge < -0.3 is 0 Å². The molecule has 0 atom stereocenters. The fourth-order valence-electron chi connectivity index (χ4n) is 0.0420. The predicted octanol–water partition coefficient (Wildman–Crippen LogP) is 0.894. The SMILES string of the molecule is FC1C=C1. The molecule has 0 aromatic heterocycles. The topological polar surface area (TPSA) is 0 Å². The second kappa shape index (κ2) is 0.341. The first-order chi connectivity index (χ1) is 1.89. The zero-order chi connectivity index (χ0) is 2.99. The number of hydrogen-bond donors (Lipinski definition) is 0. The quantitative estimate of drug-likeness (QED) is 0.363. The maximum absolute atomic E-state index is 11.0. The van der Waals surface area contributed by atoms with E-state index in [1.54, 1.807) is 0 Å². The lowest BCUT2D eigenvalue weighted by Crippen LogP contribution is -1.54. The Labute approximate surface area is 23.9 Å². The standard InChI is InChI=1S/C3H3F/c4-3-1-2-3/h1-3H.